The summed E-state index contributed by atoms with van der Waals surface area (Å²) in [7, 11) is 0. The standard InChI is InChI=1S/C9H18.C7H16O2/c1-5-8(3)7-9(4)6-2;1-3-4-7(9)5-6(2)8/h5,8-9H,1,6-7H2,2-4H3;6-9H,3-5H2,1-2H3. The van der Waals surface area contributed by atoms with E-state index in [1.165, 1.54) is 12.8 Å². The molecule has 0 spiro atoms. The van der Waals surface area contributed by atoms with Crippen LogP contribution in [0, 0.1) is 11.8 Å². The first-order valence-corrected chi connectivity index (χ1v) is 7.35. The SMILES string of the molecule is C=CC(C)CC(C)CC.CCCC(O)CC(C)O. The van der Waals surface area contributed by atoms with E-state index in [0.717, 1.165) is 18.8 Å². The molecule has 0 radical (unpaired) electrons. The van der Waals surface area contributed by atoms with Crippen LogP contribution in [0.3, 0.4) is 0 Å². The molecule has 0 aromatic rings. The van der Waals surface area contributed by atoms with Gasteiger partial charge in [-0.1, -0.05) is 46.6 Å². The number of aliphatic hydroxyl groups is 2. The Morgan fingerprint density at radius 1 is 1.06 bits per heavy atom. The van der Waals surface area contributed by atoms with Crippen LogP contribution in [0.2, 0.25) is 0 Å². The molecule has 0 fully saturated rings. The Kier molecular flexibility index (Phi) is 14.5. The molecule has 2 N–H and O–H groups in total. The van der Waals surface area contributed by atoms with E-state index in [2.05, 4.69) is 27.4 Å². The summed E-state index contributed by atoms with van der Waals surface area (Å²) in [6, 6.07) is 0. The fraction of sp³-hybridized carbons (Fsp3) is 0.875. The summed E-state index contributed by atoms with van der Waals surface area (Å²) in [6.07, 6.45) is 6.22. The molecule has 110 valence electrons. The molecular formula is C16H34O2. The van der Waals surface area contributed by atoms with E-state index in [9.17, 15) is 0 Å². The minimum Gasteiger partial charge on any atom is -0.393 e. The fourth-order valence-corrected chi connectivity index (χ4v) is 1.74. The average Bonchev–Trinajstić information content (AvgIpc) is 2.28. The summed E-state index contributed by atoms with van der Waals surface area (Å²) in [6.45, 7) is 14.2. The molecular weight excluding hydrogens is 224 g/mol. The van der Waals surface area contributed by atoms with E-state index in [1.54, 1.807) is 6.92 Å². The van der Waals surface area contributed by atoms with Crippen LogP contribution >= 0.6 is 0 Å². The third kappa shape index (κ3) is 15.7. The van der Waals surface area contributed by atoms with Crippen molar-refractivity contribution < 1.29 is 10.2 Å². The molecule has 0 aromatic carbocycles. The van der Waals surface area contributed by atoms with Crippen molar-refractivity contribution in [3.8, 4) is 0 Å². The highest BCUT2D eigenvalue weighted by Crippen LogP contribution is 2.14. The maximum atomic E-state index is 9.06. The quantitative estimate of drug-likeness (QED) is 0.642. The van der Waals surface area contributed by atoms with Gasteiger partial charge in [0.05, 0.1) is 12.2 Å². The predicted molar refractivity (Wildman–Crippen MR) is 80.6 cm³/mol. The molecule has 0 amide bonds. The molecule has 0 aliphatic rings. The van der Waals surface area contributed by atoms with Gasteiger partial charge < -0.3 is 10.2 Å². The Labute approximate surface area is 114 Å². The summed E-state index contributed by atoms with van der Waals surface area (Å²) >= 11 is 0. The van der Waals surface area contributed by atoms with Gasteiger partial charge in [-0.3, -0.25) is 0 Å². The molecule has 4 atom stereocenters. The van der Waals surface area contributed by atoms with E-state index in [1.807, 2.05) is 13.0 Å². The molecule has 0 heterocycles. The van der Waals surface area contributed by atoms with Crippen molar-refractivity contribution in [2.24, 2.45) is 11.8 Å². The second-order valence-corrected chi connectivity index (χ2v) is 5.49. The maximum Gasteiger partial charge on any atom is 0.0564 e. The average molecular weight is 258 g/mol. The second-order valence-electron chi connectivity index (χ2n) is 5.49. The lowest BCUT2D eigenvalue weighted by Gasteiger charge is -2.10. The van der Waals surface area contributed by atoms with Gasteiger partial charge in [-0.15, -0.1) is 6.58 Å². The van der Waals surface area contributed by atoms with E-state index >= 15 is 0 Å². The van der Waals surface area contributed by atoms with Crippen LogP contribution in [-0.2, 0) is 0 Å². The van der Waals surface area contributed by atoms with Gasteiger partial charge >= 0.3 is 0 Å². The highest BCUT2D eigenvalue weighted by molar-refractivity contribution is 4.75. The van der Waals surface area contributed by atoms with Crippen molar-refractivity contribution in [3.05, 3.63) is 12.7 Å². The molecule has 0 aromatic heterocycles. The Bertz CT molecular complexity index is 178. The van der Waals surface area contributed by atoms with Crippen LogP contribution in [0.15, 0.2) is 12.7 Å². The van der Waals surface area contributed by atoms with Crippen LogP contribution in [0.5, 0.6) is 0 Å². The zero-order valence-electron chi connectivity index (χ0n) is 13.0. The van der Waals surface area contributed by atoms with Gasteiger partial charge in [0.25, 0.3) is 0 Å². The van der Waals surface area contributed by atoms with E-state index in [0.29, 0.717) is 12.3 Å². The molecule has 18 heavy (non-hydrogen) atoms. The minimum absolute atomic E-state index is 0.310. The largest absolute Gasteiger partial charge is 0.393 e. The van der Waals surface area contributed by atoms with Crippen LogP contribution in [0.1, 0.15) is 66.7 Å². The third-order valence-corrected chi connectivity index (χ3v) is 3.11. The lowest BCUT2D eigenvalue weighted by Crippen LogP contribution is -2.13. The lowest BCUT2D eigenvalue weighted by molar-refractivity contribution is 0.0848. The van der Waals surface area contributed by atoms with Gasteiger partial charge in [0.15, 0.2) is 0 Å². The zero-order chi connectivity index (χ0) is 14.6. The Morgan fingerprint density at radius 3 is 1.94 bits per heavy atom. The summed E-state index contributed by atoms with van der Waals surface area (Å²) < 4.78 is 0. The number of allylic oxidation sites excluding steroid dienone is 1. The van der Waals surface area contributed by atoms with E-state index < -0.39 is 0 Å². The predicted octanol–water partition coefficient (Wildman–Crippen LogP) is 4.16. The van der Waals surface area contributed by atoms with Crippen molar-refractivity contribution in [3.63, 3.8) is 0 Å². The second kappa shape index (κ2) is 13.1. The monoisotopic (exact) mass is 258 g/mol. The number of hydrogen-bond acceptors (Lipinski definition) is 2. The summed E-state index contributed by atoms with van der Waals surface area (Å²) in [4.78, 5) is 0. The van der Waals surface area contributed by atoms with Gasteiger partial charge in [0, 0.05) is 0 Å². The van der Waals surface area contributed by atoms with Gasteiger partial charge in [-0.25, -0.2) is 0 Å². The fourth-order valence-electron chi connectivity index (χ4n) is 1.74. The Hall–Kier alpha value is -0.340. The molecule has 2 nitrogen and oxygen atoms in total. The van der Waals surface area contributed by atoms with Crippen molar-refractivity contribution in [1.29, 1.82) is 0 Å². The summed E-state index contributed by atoms with van der Waals surface area (Å²) in [5.74, 6) is 1.55. The lowest BCUT2D eigenvalue weighted by atomic mass is 9.96. The first-order chi connectivity index (χ1) is 8.37. The van der Waals surface area contributed by atoms with E-state index in [4.69, 9.17) is 10.2 Å². The number of hydrogen-bond donors (Lipinski definition) is 2. The van der Waals surface area contributed by atoms with Crippen molar-refractivity contribution in [1.82, 2.24) is 0 Å². The Balaban J connectivity index is 0. The molecule has 4 unspecified atom stereocenters. The van der Waals surface area contributed by atoms with E-state index in [-0.39, 0.29) is 12.2 Å². The van der Waals surface area contributed by atoms with Gasteiger partial charge in [-0.2, -0.15) is 0 Å². The highest BCUT2D eigenvalue weighted by Gasteiger charge is 2.05. The van der Waals surface area contributed by atoms with Crippen LogP contribution in [0.25, 0.3) is 0 Å². The normalized spacial score (nSPS) is 17.1. The topological polar surface area (TPSA) is 40.5 Å². The summed E-state index contributed by atoms with van der Waals surface area (Å²) in [5, 5.41) is 17.8. The highest BCUT2D eigenvalue weighted by atomic mass is 16.3. The zero-order valence-corrected chi connectivity index (χ0v) is 13.0. The first-order valence-electron chi connectivity index (χ1n) is 7.35. The Morgan fingerprint density at radius 2 is 1.61 bits per heavy atom. The maximum absolute atomic E-state index is 9.06. The molecule has 2 heteroatoms. The minimum atomic E-state index is -0.369. The van der Waals surface area contributed by atoms with Crippen LogP contribution < -0.4 is 0 Å². The van der Waals surface area contributed by atoms with Gasteiger partial charge in [0.1, 0.15) is 0 Å². The van der Waals surface area contributed by atoms with Crippen molar-refractivity contribution >= 4 is 0 Å². The molecule has 0 saturated carbocycles. The molecule has 0 aliphatic carbocycles. The molecule has 0 saturated heterocycles. The molecule has 0 rings (SSSR count). The van der Waals surface area contributed by atoms with Crippen LogP contribution in [0.4, 0.5) is 0 Å². The summed E-state index contributed by atoms with van der Waals surface area (Å²) in [5.41, 5.74) is 0. The van der Waals surface area contributed by atoms with Gasteiger partial charge in [-0.05, 0) is 38.0 Å². The van der Waals surface area contributed by atoms with Crippen molar-refractivity contribution in [2.75, 3.05) is 0 Å². The molecule has 0 bridgehead atoms. The number of aliphatic hydroxyl groups excluding tert-OH is 2. The van der Waals surface area contributed by atoms with Crippen LogP contribution in [-0.4, -0.2) is 22.4 Å². The smallest absolute Gasteiger partial charge is 0.0564 e. The van der Waals surface area contributed by atoms with Crippen molar-refractivity contribution in [2.45, 2.75) is 78.9 Å². The number of rotatable bonds is 8. The third-order valence-electron chi connectivity index (χ3n) is 3.11. The van der Waals surface area contributed by atoms with Gasteiger partial charge in [0.2, 0.25) is 0 Å². The molecule has 0 aliphatic heterocycles. The first kappa shape index (κ1) is 20.0.